The smallest absolute Gasteiger partial charge is 0.292 e. The average Bonchev–Trinajstić information content (AvgIpc) is 2.68. The van der Waals surface area contributed by atoms with Crippen molar-refractivity contribution in [3.8, 4) is 0 Å². The van der Waals surface area contributed by atoms with Gasteiger partial charge in [-0.2, -0.15) is 0 Å². The SMILES string of the molecule is CCN(CCC(=O)Nc1ccc(C(N)=O)cc1)C(=O)c1ccc(N)c([N+](=O)[O-])c1. The molecule has 5 N–H and O–H groups in total. The zero-order chi connectivity index (χ0) is 21.6. The first-order chi connectivity index (χ1) is 13.7. The molecule has 2 aromatic rings. The number of nitrogens with two attached hydrogens (primary N) is 2. The summed E-state index contributed by atoms with van der Waals surface area (Å²) in [5.74, 6) is -1.33. The van der Waals surface area contributed by atoms with Crippen molar-refractivity contribution in [2.24, 2.45) is 5.73 Å². The van der Waals surface area contributed by atoms with Gasteiger partial charge in [0.2, 0.25) is 11.8 Å². The first-order valence-corrected chi connectivity index (χ1v) is 8.75. The van der Waals surface area contributed by atoms with E-state index in [0.717, 1.165) is 6.07 Å². The molecule has 0 aliphatic carbocycles. The Morgan fingerprint density at radius 3 is 2.28 bits per heavy atom. The largest absolute Gasteiger partial charge is 0.393 e. The number of nitro groups is 1. The molecule has 0 unspecified atom stereocenters. The zero-order valence-corrected chi connectivity index (χ0v) is 15.8. The zero-order valence-electron chi connectivity index (χ0n) is 15.8. The summed E-state index contributed by atoms with van der Waals surface area (Å²) in [7, 11) is 0. The van der Waals surface area contributed by atoms with E-state index in [4.69, 9.17) is 11.5 Å². The minimum Gasteiger partial charge on any atom is -0.393 e. The number of hydrogen-bond donors (Lipinski definition) is 3. The third-order valence-electron chi connectivity index (χ3n) is 4.20. The van der Waals surface area contributed by atoms with E-state index in [9.17, 15) is 24.5 Å². The molecule has 0 spiro atoms. The van der Waals surface area contributed by atoms with Crippen molar-refractivity contribution in [1.29, 1.82) is 0 Å². The Balaban J connectivity index is 1.99. The van der Waals surface area contributed by atoms with Gasteiger partial charge in [-0.3, -0.25) is 24.5 Å². The summed E-state index contributed by atoms with van der Waals surface area (Å²) >= 11 is 0. The molecular formula is C19H21N5O5. The van der Waals surface area contributed by atoms with Crippen LogP contribution in [0.2, 0.25) is 0 Å². The van der Waals surface area contributed by atoms with Crippen LogP contribution in [0, 0.1) is 10.1 Å². The highest BCUT2D eigenvalue weighted by Gasteiger charge is 2.20. The van der Waals surface area contributed by atoms with Crippen LogP contribution in [0.5, 0.6) is 0 Å². The molecule has 10 heteroatoms. The number of rotatable bonds is 8. The van der Waals surface area contributed by atoms with Gasteiger partial charge in [0.15, 0.2) is 0 Å². The summed E-state index contributed by atoms with van der Waals surface area (Å²) in [5, 5.41) is 13.7. The first kappa shape index (κ1) is 21.4. The fourth-order valence-corrected chi connectivity index (χ4v) is 2.60. The number of hydrogen-bond acceptors (Lipinski definition) is 6. The van der Waals surface area contributed by atoms with Crippen LogP contribution in [0.4, 0.5) is 17.1 Å². The van der Waals surface area contributed by atoms with Crippen LogP contribution in [0.1, 0.15) is 34.1 Å². The highest BCUT2D eigenvalue weighted by molar-refractivity contribution is 5.97. The van der Waals surface area contributed by atoms with Crippen LogP contribution in [0.15, 0.2) is 42.5 Å². The Morgan fingerprint density at radius 1 is 1.10 bits per heavy atom. The van der Waals surface area contributed by atoms with Crippen molar-refractivity contribution in [2.75, 3.05) is 24.1 Å². The molecular weight excluding hydrogens is 378 g/mol. The Labute approximate surface area is 166 Å². The Hall–Kier alpha value is -3.95. The van der Waals surface area contributed by atoms with E-state index in [1.54, 1.807) is 19.1 Å². The lowest BCUT2D eigenvalue weighted by Crippen LogP contribution is -2.33. The topological polar surface area (TPSA) is 162 Å². The molecule has 0 atom stereocenters. The van der Waals surface area contributed by atoms with Gasteiger partial charge < -0.3 is 21.7 Å². The molecule has 2 aromatic carbocycles. The molecule has 0 heterocycles. The van der Waals surface area contributed by atoms with Gasteiger partial charge in [0, 0.05) is 42.4 Å². The summed E-state index contributed by atoms with van der Waals surface area (Å²) in [5.41, 5.74) is 11.3. The number of nitrogen functional groups attached to an aromatic ring is 1. The van der Waals surface area contributed by atoms with Gasteiger partial charge in [0.05, 0.1) is 4.92 Å². The van der Waals surface area contributed by atoms with Crippen LogP contribution in [-0.2, 0) is 4.79 Å². The molecule has 152 valence electrons. The number of primary amides is 1. The minimum atomic E-state index is -0.653. The molecule has 0 saturated heterocycles. The maximum atomic E-state index is 12.6. The van der Waals surface area contributed by atoms with Gasteiger partial charge in [-0.15, -0.1) is 0 Å². The number of carbonyl (C=O) groups is 3. The standard InChI is InChI=1S/C19H21N5O5/c1-2-23(19(27)13-5-8-15(20)16(11-13)24(28)29)10-9-17(25)22-14-6-3-12(4-7-14)18(21)26/h3-8,11H,2,9-10,20H2,1H3,(H2,21,26)(H,22,25). The summed E-state index contributed by atoms with van der Waals surface area (Å²) in [6.45, 7) is 2.18. The van der Waals surface area contributed by atoms with E-state index in [-0.39, 0.29) is 35.8 Å². The third kappa shape index (κ3) is 5.51. The van der Waals surface area contributed by atoms with Crippen molar-refractivity contribution in [3.05, 3.63) is 63.7 Å². The van der Waals surface area contributed by atoms with Gasteiger partial charge in [-0.05, 0) is 43.3 Å². The van der Waals surface area contributed by atoms with Crippen molar-refractivity contribution >= 4 is 34.8 Å². The minimum absolute atomic E-state index is 0.0220. The lowest BCUT2D eigenvalue weighted by molar-refractivity contribution is -0.383. The summed E-state index contributed by atoms with van der Waals surface area (Å²) in [6, 6.07) is 9.93. The second-order valence-electron chi connectivity index (χ2n) is 6.16. The Morgan fingerprint density at radius 2 is 1.72 bits per heavy atom. The predicted molar refractivity (Wildman–Crippen MR) is 107 cm³/mol. The lowest BCUT2D eigenvalue weighted by Gasteiger charge is -2.20. The van der Waals surface area contributed by atoms with Gasteiger partial charge in [0.1, 0.15) is 5.69 Å². The van der Waals surface area contributed by atoms with Gasteiger partial charge in [0.25, 0.3) is 11.6 Å². The van der Waals surface area contributed by atoms with Crippen LogP contribution in [-0.4, -0.2) is 40.6 Å². The van der Waals surface area contributed by atoms with Crippen molar-refractivity contribution in [2.45, 2.75) is 13.3 Å². The quantitative estimate of drug-likeness (QED) is 0.348. The van der Waals surface area contributed by atoms with E-state index in [1.165, 1.54) is 29.2 Å². The summed E-state index contributed by atoms with van der Waals surface area (Å²) in [6.07, 6.45) is 0.0220. The van der Waals surface area contributed by atoms with Crippen molar-refractivity contribution < 1.29 is 19.3 Å². The predicted octanol–water partition coefficient (Wildman–Crippen LogP) is 1.77. The maximum Gasteiger partial charge on any atom is 0.292 e. The average molecular weight is 399 g/mol. The molecule has 29 heavy (non-hydrogen) atoms. The van der Waals surface area contributed by atoms with Gasteiger partial charge in [-0.25, -0.2) is 0 Å². The highest BCUT2D eigenvalue weighted by Crippen LogP contribution is 2.23. The van der Waals surface area contributed by atoms with Crippen molar-refractivity contribution in [1.82, 2.24) is 4.90 Å². The normalized spacial score (nSPS) is 10.2. The molecule has 3 amide bonds. The second-order valence-corrected chi connectivity index (χ2v) is 6.16. The van der Waals surface area contributed by atoms with E-state index in [2.05, 4.69) is 5.32 Å². The number of nitro benzene ring substituents is 1. The van der Waals surface area contributed by atoms with Crippen LogP contribution in [0.25, 0.3) is 0 Å². The number of benzene rings is 2. The van der Waals surface area contributed by atoms with E-state index in [0.29, 0.717) is 17.8 Å². The number of nitrogens with one attached hydrogen (secondary N) is 1. The van der Waals surface area contributed by atoms with Crippen LogP contribution >= 0.6 is 0 Å². The second kappa shape index (κ2) is 9.31. The molecule has 0 aliphatic rings. The molecule has 0 saturated carbocycles. The lowest BCUT2D eigenvalue weighted by atomic mass is 10.1. The highest BCUT2D eigenvalue weighted by atomic mass is 16.6. The molecule has 10 nitrogen and oxygen atoms in total. The van der Waals surface area contributed by atoms with Gasteiger partial charge >= 0.3 is 0 Å². The Kier molecular flexibility index (Phi) is 6.85. The monoisotopic (exact) mass is 399 g/mol. The third-order valence-corrected chi connectivity index (χ3v) is 4.20. The van der Waals surface area contributed by atoms with Crippen LogP contribution < -0.4 is 16.8 Å². The molecule has 2 rings (SSSR count). The molecule has 0 fully saturated rings. The number of amides is 3. The van der Waals surface area contributed by atoms with E-state index in [1.807, 2.05) is 0 Å². The molecule has 0 aromatic heterocycles. The summed E-state index contributed by atoms with van der Waals surface area (Å²) in [4.78, 5) is 47.6. The van der Waals surface area contributed by atoms with Gasteiger partial charge in [-0.1, -0.05) is 0 Å². The summed E-state index contributed by atoms with van der Waals surface area (Å²) < 4.78 is 0. The Bertz CT molecular complexity index is 943. The van der Waals surface area contributed by atoms with E-state index < -0.39 is 16.7 Å². The molecule has 0 radical (unpaired) electrons. The maximum absolute atomic E-state index is 12.6. The number of carbonyl (C=O) groups excluding carboxylic acids is 3. The van der Waals surface area contributed by atoms with Crippen molar-refractivity contribution in [3.63, 3.8) is 0 Å². The van der Waals surface area contributed by atoms with E-state index >= 15 is 0 Å². The first-order valence-electron chi connectivity index (χ1n) is 8.75. The number of nitrogens with zero attached hydrogens (tertiary/aromatic N) is 2. The molecule has 0 bridgehead atoms. The fourth-order valence-electron chi connectivity index (χ4n) is 2.60. The number of anilines is 2. The molecule has 0 aliphatic heterocycles. The fraction of sp³-hybridized carbons (Fsp3) is 0.211. The van der Waals surface area contributed by atoms with Crippen LogP contribution in [0.3, 0.4) is 0 Å².